The van der Waals surface area contributed by atoms with E-state index in [4.69, 9.17) is 5.73 Å². The highest BCUT2D eigenvalue weighted by Crippen LogP contribution is 2.19. The van der Waals surface area contributed by atoms with Gasteiger partial charge in [-0.3, -0.25) is 14.4 Å². The molecule has 3 rings (SSSR count). The summed E-state index contributed by atoms with van der Waals surface area (Å²) in [6.07, 6.45) is 2.32. The number of nitrogens with two attached hydrogens (primary N) is 1. The number of aromatic amines is 1. The molecule has 4 unspecified atom stereocenters. The summed E-state index contributed by atoms with van der Waals surface area (Å²) in [6, 6.07) is 12.3. The smallest absolute Gasteiger partial charge is 0.326 e. The Morgan fingerprint density at radius 1 is 0.850 bits per heavy atom. The topological polar surface area (TPSA) is 166 Å². The number of hydrogen-bond acceptors (Lipinski definition) is 6. The molecule has 0 saturated carbocycles. The van der Waals surface area contributed by atoms with Crippen LogP contribution in [0.3, 0.4) is 0 Å². The zero-order valence-corrected chi connectivity index (χ0v) is 23.5. The van der Waals surface area contributed by atoms with E-state index in [1.54, 1.807) is 30.5 Å². The van der Waals surface area contributed by atoms with Crippen LogP contribution < -0.4 is 21.7 Å². The van der Waals surface area contributed by atoms with Crippen LogP contribution >= 0.6 is 12.6 Å². The molecule has 10 nitrogen and oxygen atoms in total. The summed E-state index contributed by atoms with van der Waals surface area (Å²) < 4.78 is 0. The van der Waals surface area contributed by atoms with E-state index < -0.39 is 47.9 Å². The van der Waals surface area contributed by atoms with Crippen LogP contribution in [0.1, 0.15) is 31.4 Å². The zero-order valence-electron chi connectivity index (χ0n) is 22.6. The van der Waals surface area contributed by atoms with Gasteiger partial charge in [0, 0.05) is 35.7 Å². The van der Waals surface area contributed by atoms with E-state index in [0.29, 0.717) is 6.42 Å². The van der Waals surface area contributed by atoms with Gasteiger partial charge in [-0.2, -0.15) is 12.6 Å². The summed E-state index contributed by atoms with van der Waals surface area (Å²) in [4.78, 5) is 54.4. The molecule has 0 aliphatic carbocycles. The number of carboxylic acid groups (broad SMARTS) is 1. The third kappa shape index (κ3) is 8.59. The number of carboxylic acids is 1. The van der Waals surface area contributed by atoms with Gasteiger partial charge in [-0.25, -0.2) is 4.79 Å². The number of carbonyl (C=O) groups is 4. The number of rotatable bonds is 14. The Kier molecular flexibility index (Phi) is 11.2. The third-order valence-electron chi connectivity index (χ3n) is 6.51. The van der Waals surface area contributed by atoms with Crippen LogP contribution in [0.2, 0.25) is 0 Å². The summed E-state index contributed by atoms with van der Waals surface area (Å²) in [5.74, 6) is -2.82. The third-order valence-corrected chi connectivity index (χ3v) is 6.87. The molecule has 1 aromatic heterocycles. The molecule has 11 heteroatoms. The Morgan fingerprint density at radius 2 is 1.45 bits per heavy atom. The standard InChI is InChI=1S/C29H37N5O5S/c1-17(2)12-21(30)26(35)34-25(16-40)28(37)32-23(13-18-8-4-3-5-9-18)27(36)33-24(29(38)39)14-19-15-31-22-11-7-6-10-20(19)22/h3-11,15,17,21,23-25,31,40H,12-14,16,30H2,1-2H3,(H,32,37)(H,33,36)(H,34,35)(H,38,39). The van der Waals surface area contributed by atoms with Crippen LogP contribution in [-0.2, 0) is 32.0 Å². The molecule has 1 heterocycles. The van der Waals surface area contributed by atoms with Gasteiger partial charge in [-0.15, -0.1) is 0 Å². The fourth-order valence-electron chi connectivity index (χ4n) is 4.41. The Hall–Kier alpha value is -3.83. The van der Waals surface area contributed by atoms with Gasteiger partial charge in [0.25, 0.3) is 0 Å². The minimum Gasteiger partial charge on any atom is -0.480 e. The second kappa shape index (κ2) is 14.5. The zero-order chi connectivity index (χ0) is 29.2. The second-order valence-corrected chi connectivity index (χ2v) is 10.6. The molecular weight excluding hydrogens is 530 g/mol. The van der Waals surface area contributed by atoms with Crippen LogP contribution in [0.5, 0.6) is 0 Å². The molecular formula is C29H37N5O5S. The van der Waals surface area contributed by atoms with Crippen molar-refractivity contribution in [3.63, 3.8) is 0 Å². The van der Waals surface area contributed by atoms with Crippen LogP contribution in [0.4, 0.5) is 0 Å². The maximum atomic E-state index is 13.4. The number of aliphatic carboxylic acids is 1. The highest BCUT2D eigenvalue weighted by molar-refractivity contribution is 7.80. The van der Waals surface area contributed by atoms with Crippen LogP contribution in [0.25, 0.3) is 10.9 Å². The Morgan fingerprint density at radius 3 is 2.10 bits per heavy atom. The van der Waals surface area contributed by atoms with E-state index in [1.165, 1.54) is 0 Å². The van der Waals surface area contributed by atoms with Crippen LogP contribution in [-0.4, -0.2) is 63.7 Å². The van der Waals surface area contributed by atoms with Gasteiger partial charge in [0.15, 0.2) is 0 Å². The fraction of sp³-hybridized carbons (Fsp3) is 0.379. The Labute approximate surface area is 238 Å². The number of benzene rings is 2. The van der Waals surface area contributed by atoms with Gasteiger partial charge in [-0.05, 0) is 29.5 Å². The SMILES string of the molecule is CC(C)CC(N)C(=O)NC(CS)C(=O)NC(Cc1ccccc1)C(=O)NC(Cc1c[nH]c2ccccc12)C(=O)O. The maximum absolute atomic E-state index is 13.4. The van der Waals surface area contributed by atoms with Crippen molar-refractivity contribution in [1.82, 2.24) is 20.9 Å². The predicted molar refractivity (Wildman–Crippen MR) is 157 cm³/mol. The molecule has 0 aliphatic rings. The van der Waals surface area contributed by atoms with Gasteiger partial charge in [0.2, 0.25) is 17.7 Å². The van der Waals surface area contributed by atoms with Gasteiger partial charge < -0.3 is 31.8 Å². The lowest BCUT2D eigenvalue weighted by molar-refractivity contribution is -0.142. The monoisotopic (exact) mass is 567 g/mol. The van der Waals surface area contributed by atoms with Crippen molar-refractivity contribution in [3.8, 4) is 0 Å². The van der Waals surface area contributed by atoms with Crippen LogP contribution in [0.15, 0.2) is 60.8 Å². The lowest BCUT2D eigenvalue weighted by Crippen LogP contribution is -2.58. The first-order valence-electron chi connectivity index (χ1n) is 13.2. The summed E-state index contributed by atoms with van der Waals surface area (Å²) in [5, 5.41) is 18.6. The van der Waals surface area contributed by atoms with E-state index in [2.05, 4.69) is 33.6 Å². The number of thiol groups is 1. The second-order valence-electron chi connectivity index (χ2n) is 10.2. The quantitative estimate of drug-likeness (QED) is 0.147. The number of H-pyrrole nitrogens is 1. The largest absolute Gasteiger partial charge is 0.480 e. The number of fused-ring (bicyclic) bond motifs is 1. The van der Waals surface area contributed by atoms with Crippen LogP contribution in [0, 0.1) is 5.92 Å². The minimum absolute atomic E-state index is 0.0238. The van der Waals surface area contributed by atoms with Crippen molar-refractivity contribution >= 4 is 47.2 Å². The highest BCUT2D eigenvalue weighted by Gasteiger charge is 2.30. The molecule has 2 aromatic carbocycles. The van der Waals surface area contributed by atoms with E-state index in [-0.39, 0.29) is 24.5 Å². The molecule has 7 N–H and O–H groups in total. The molecule has 0 spiro atoms. The van der Waals surface area contributed by atoms with Crippen molar-refractivity contribution < 1.29 is 24.3 Å². The number of para-hydroxylation sites is 1. The van der Waals surface area contributed by atoms with Crippen molar-refractivity contribution in [2.24, 2.45) is 11.7 Å². The van der Waals surface area contributed by atoms with E-state index >= 15 is 0 Å². The number of carbonyl (C=O) groups excluding carboxylic acids is 3. The normalized spacial score (nSPS) is 14.2. The molecule has 214 valence electrons. The molecule has 4 atom stereocenters. The average Bonchev–Trinajstić information content (AvgIpc) is 3.33. The molecule has 0 saturated heterocycles. The van der Waals surface area contributed by atoms with E-state index in [0.717, 1.165) is 22.0 Å². The van der Waals surface area contributed by atoms with Gasteiger partial charge in [0.1, 0.15) is 18.1 Å². The number of aromatic nitrogens is 1. The summed E-state index contributed by atoms with van der Waals surface area (Å²) >= 11 is 4.20. The molecule has 0 radical (unpaired) electrons. The Balaban J connectivity index is 1.76. The molecule has 0 aliphatic heterocycles. The highest BCUT2D eigenvalue weighted by atomic mass is 32.1. The molecule has 0 fully saturated rings. The van der Waals surface area contributed by atoms with Gasteiger partial charge >= 0.3 is 5.97 Å². The summed E-state index contributed by atoms with van der Waals surface area (Å²) in [5.41, 5.74) is 8.31. The fourth-order valence-corrected chi connectivity index (χ4v) is 4.67. The Bertz CT molecular complexity index is 1310. The number of amides is 3. The minimum atomic E-state index is -1.24. The predicted octanol–water partition coefficient (Wildman–Crippen LogP) is 1.80. The molecule has 40 heavy (non-hydrogen) atoms. The van der Waals surface area contributed by atoms with Gasteiger partial charge in [0.05, 0.1) is 6.04 Å². The lowest BCUT2D eigenvalue weighted by atomic mass is 10.0. The summed E-state index contributed by atoms with van der Waals surface area (Å²) in [6.45, 7) is 3.87. The van der Waals surface area contributed by atoms with Crippen molar-refractivity contribution in [1.29, 1.82) is 0 Å². The number of hydrogen-bond donors (Lipinski definition) is 7. The first-order chi connectivity index (χ1) is 19.1. The first kappa shape index (κ1) is 30.7. The van der Waals surface area contributed by atoms with E-state index in [9.17, 15) is 24.3 Å². The number of nitrogens with one attached hydrogen (secondary N) is 4. The molecule has 0 bridgehead atoms. The van der Waals surface area contributed by atoms with Crippen molar-refractivity contribution in [3.05, 3.63) is 71.9 Å². The first-order valence-corrected chi connectivity index (χ1v) is 13.8. The lowest BCUT2D eigenvalue weighted by Gasteiger charge is -2.25. The van der Waals surface area contributed by atoms with Crippen molar-refractivity contribution in [2.75, 3.05) is 5.75 Å². The van der Waals surface area contributed by atoms with E-state index in [1.807, 2.05) is 44.2 Å². The van der Waals surface area contributed by atoms with Crippen molar-refractivity contribution in [2.45, 2.75) is 57.3 Å². The maximum Gasteiger partial charge on any atom is 0.326 e. The average molecular weight is 568 g/mol. The summed E-state index contributed by atoms with van der Waals surface area (Å²) in [7, 11) is 0. The molecule has 3 aromatic rings. The molecule has 3 amide bonds. The van der Waals surface area contributed by atoms with Gasteiger partial charge in [-0.1, -0.05) is 62.4 Å².